The third-order valence-electron chi connectivity index (χ3n) is 18.5. The van der Waals surface area contributed by atoms with E-state index in [4.69, 9.17) is 4.74 Å². The molecule has 3 aliphatic heterocycles. The lowest BCUT2D eigenvalue weighted by Gasteiger charge is -2.44. The summed E-state index contributed by atoms with van der Waals surface area (Å²) in [5, 5.41) is 0. The van der Waals surface area contributed by atoms with E-state index in [0.717, 1.165) is 39.7 Å². The molecule has 9 aromatic carbocycles. The number of benzene rings is 9. The summed E-state index contributed by atoms with van der Waals surface area (Å²) in [7, 11) is 0. The van der Waals surface area contributed by atoms with E-state index >= 15 is 0 Å². The maximum absolute atomic E-state index is 7.43. The van der Waals surface area contributed by atoms with Crippen LogP contribution in [0, 0.1) is 0 Å². The first-order valence-electron chi connectivity index (χ1n) is 28.8. The maximum Gasteiger partial charge on any atom is 0.256 e. The summed E-state index contributed by atoms with van der Waals surface area (Å²) in [5.41, 5.74) is 26.2. The fourth-order valence-corrected chi connectivity index (χ4v) is 12.6. The van der Waals surface area contributed by atoms with E-state index in [1.54, 1.807) is 0 Å². The van der Waals surface area contributed by atoms with Crippen molar-refractivity contribution in [2.75, 3.05) is 4.90 Å². The van der Waals surface area contributed by atoms with Gasteiger partial charge in [-0.1, -0.05) is 269 Å². The van der Waals surface area contributed by atoms with Gasteiger partial charge in [0.1, 0.15) is 11.5 Å². The molecule has 12 rings (SSSR count). The van der Waals surface area contributed by atoms with Crippen molar-refractivity contribution in [1.29, 1.82) is 0 Å². The molecule has 0 aliphatic carbocycles. The molecular weight excluding hydrogens is 954 g/mol. The molecule has 0 saturated carbocycles. The van der Waals surface area contributed by atoms with Crippen molar-refractivity contribution in [2.45, 2.75) is 143 Å². The topological polar surface area (TPSA) is 12.5 Å². The molecule has 79 heavy (non-hydrogen) atoms. The maximum atomic E-state index is 7.43. The normalized spacial score (nSPS) is 15.1. The molecule has 0 aromatic heterocycles. The van der Waals surface area contributed by atoms with Crippen LogP contribution in [0.1, 0.15) is 144 Å². The van der Waals surface area contributed by atoms with Gasteiger partial charge in [0, 0.05) is 22.5 Å². The number of hydrogen-bond acceptors (Lipinski definition) is 2. The quantitative estimate of drug-likeness (QED) is 0.163. The summed E-state index contributed by atoms with van der Waals surface area (Å²) < 4.78 is 7.43. The van der Waals surface area contributed by atoms with Crippen molar-refractivity contribution in [1.82, 2.24) is 0 Å². The Morgan fingerprint density at radius 3 is 1.29 bits per heavy atom. The molecule has 3 heterocycles. The Kier molecular flexibility index (Phi) is 12.0. The number of para-hydroxylation sites is 1. The van der Waals surface area contributed by atoms with Gasteiger partial charge in [0.15, 0.2) is 0 Å². The Morgan fingerprint density at radius 1 is 0.342 bits per heavy atom. The van der Waals surface area contributed by atoms with Crippen molar-refractivity contribution in [2.24, 2.45) is 0 Å². The van der Waals surface area contributed by atoms with Gasteiger partial charge in [-0.2, -0.15) is 0 Å². The van der Waals surface area contributed by atoms with Gasteiger partial charge in [0.25, 0.3) is 6.71 Å². The van der Waals surface area contributed by atoms with E-state index in [1.807, 2.05) is 0 Å². The number of fused-ring (bicyclic) bond motifs is 8. The van der Waals surface area contributed by atoms with Gasteiger partial charge in [-0.15, -0.1) is 0 Å². The summed E-state index contributed by atoms with van der Waals surface area (Å²) in [6.07, 6.45) is 0. The number of nitrogens with zero attached hydrogens (tertiary/aromatic N) is 1. The number of ether oxygens (including phenoxy) is 1. The molecule has 396 valence electrons. The Hall–Kier alpha value is -7.36. The summed E-state index contributed by atoms with van der Waals surface area (Å²) >= 11 is 0. The van der Waals surface area contributed by atoms with Gasteiger partial charge in [-0.05, 0) is 151 Å². The van der Waals surface area contributed by atoms with Crippen LogP contribution >= 0.6 is 0 Å². The lowest BCUT2D eigenvalue weighted by molar-refractivity contribution is 0.302. The molecular formula is C76H78BNO. The molecule has 8 bridgehead atoms. The van der Waals surface area contributed by atoms with Crippen LogP contribution in [0.5, 0.6) is 11.5 Å². The largest absolute Gasteiger partial charge is 0.458 e. The van der Waals surface area contributed by atoms with Gasteiger partial charge < -0.3 is 9.64 Å². The highest BCUT2D eigenvalue weighted by molar-refractivity contribution is 6.99. The Bertz CT molecular complexity index is 3810. The summed E-state index contributed by atoms with van der Waals surface area (Å²) in [5.74, 6) is 1.79. The van der Waals surface area contributed by atoms with Crippen LogP contribution < -0.4 is 26.0 Å². The van der Waals surface area contributed by atoms with Crippen LogP contribution in [0.3, 0.4) is 0 Å². The fraction of sp³-hybridized carbons (Fsp3) is 0.289. The summed E-state index contributed by atoms with van der Waals surface area (Å²) in [6.45, 7) is 37.7. The second-order valence-electron chi connectivity index (χ2n) is 28.4. The molecule has 0 unspecified atom stereocenters. The number of anilines is 3. The van der Waals surface area contributed by atoms with Crippen molar-refractivity contribution in [3.8, 4) is 67.1 Å². The highest BCUT2D eigenvalue weighted by atomic mass is 16.5. The molecule has 0 saturated heterocycles. The zero-order valence-corrected chi connectivity index (χ0v) is 49.8. The number of hydrogen-bond donors (Lipinski definition) is 0. The van der Waals surface area contributed by atoms with Crippen LogP contribution in [0.2, 0.25) is 0 Å². The molecule has 3 heteroatoms. The van der Waals surface area contributed by atoms with Crippen molar-refractivity contribution >= 4 is 40.2 Å². The molecule has 0 N–H and O–H groups in total. The fourth-order valence-electron chi connectivity index (χ4n) is 12.6. The zero-order chi connectivity index (χ0) is 55.9. The predicted molar refractivity (Wildman–Crippen MR) is 340 cm³/mol. The lowest BCUT2D eigenvalue weighted by Crippen LogP contribution is -2.59. The standard InChI is InChI=1S/C76H78BNO/c1-71(2,3)55-31-25-48(26-32-55)61-23-20-24-62(49-27-33-56(34-28-49)72(4,5)6)70(61)78-65-35-29-50-41-63(65)77-64-42-51(30-36-67(64)79-68-44-54(43-66(78)69(68)77)47-21-18-17-19-22-47)53-38-58(74(10,11)12)46-60(40-53)76(15,16)75(13,14)59-39-52(50)37-57(45-59)73(7,8)9/h17-46H,1-16H3. The van der Waals surface area contributed by atoms with E-state index in [2.05, 4.69) is 298 Å². The van der Waals surface area contributed by atoms with Gasteiger partial charge >= 0.3 is 0 Å². The molecule has 0 amide bonds. The first-order chi connectivity index (χ1) is 37.2. The third kappa shape index (κ3) is 8.88. The second-order valence-corrected chi connectivity index (χ2v) is 28.4. The van der Waals surface area contributed by atoms with Gasteiger partial charge in [-0.3, -0.25) is 0 Å². The smallest absolute Gasteiger partial charge is 0.256 e. The van der Waals surface area contributed by atoms with Crippen molar-refractivity contribution in [3.63, 3.8) is 0 Å². The van der Waals surface area contributed by atoms with E-state index in [1.165, 1.54) is 94.3 Å². The molecule has 0 atom stereocenters. The molecule has 9 aromatic rings. The van der Waals surface area contributed by atoms with E-state index in [-0.39, 0.29) is 39.2 Å². The van der Waals surface area contributed by atoms with Gasteiger partial charge in [0.05, 0.1) is 5.69 Å². The minimum Gasteiger partial charge on any atom is -0.458 e. The highest BCUT2D eigenvalue weighted by Gasteiger charge is 2.45. The highest BCUT2D eigenvalue weighted by Crippen LogP contribution is 2.52. The van der Waals surface area contributed by atoms with Crippen LogP contribution in [-0.4, -0.2) is 6.71 Å². The molecule has 0 radical (unpaired) electrons. The van der Waals surface area contributed by atoms with Crippen LogP contribution in [0.25, 0.3) is 55.6 Å². The average molecular weight is 1030 g/mol. The van der Waals surface area contributed by atoms with Crippen LogP contribution in [0.15, 0.2) is 182 Å². The average Bonchev–Trinajstić information content (AvgIpc) is 3.27. The van der Waals surface area contributed by atoms with Crippen LogP contribution in [0.4, 0.5) is 17.1 Å². The first-order valence-corrected chi connectivity index (χ1v) is 28.8. The van der Waals surface area contributed by atoms with E-state index in [0.29, 0.717) is 0 Å². The molecule has 0 fully saturated rings. The first kappa shape index (κ1) is 52.3. The predicted octanol–water partition coefficient (Wildman–Crippen LogP) is 19.2. The Balaban J connectivity index is 1.22. The Morgan fingerprint density at radius 2 is 0.797 bits per heavy atom. The van der Waals surface area contributed by atoms with Gasteiger partial charge in [-0.25, -0.2) is 0 Å². The van der Waals surface area contributed by atoms with Gasteiger partial charge in [0.2, 0.25) is 0 Å². The van der Waals surface area contributed by atoms with E-state index in [9.17, 15) is 0 Å². The monoisotopic (exact) mass is 1030 g/mol. The molecule has 3 aliphatic rings. The molecule has 0 spiro atoms. The minimum atomic E-state index is -0.267. The number of rotatable bonds is 4. The second kappa shape index (κ2) is 18.1. The zero-order valence-electron chi connectivity index (χ0n) is 49.8. The minimum absolute atomic E-state index is 0.0121. The summed E-state index contributed by atoms with van der Waals surface area (Å²) in [4.78, 5) is 2.62. The van der Waals surface area contributed by atoms with Crippen molar-refractivity contribution < 1.29 is 4.74 Å². The summed E-state index contributed by atoms with van der Waals surface area (Å²) in [6, 6.07) is 70.6. The Labute approximate surface area is 473 Å². The molecule has 2 nitrogen and oxygen atoms in total. The SMILES string of the molecule is CC(C)(C)c1ccc(-c2cccc(-c3ccc(C(C)(C)C)cc3)c2N2c3ccc4cc3B3c5cc(ccc5Oc5cc(-c6ccccc6)cc2c53)-c2cc(C(C)(C)C)cc(c2)C(C)(C)C(C)(C)c2cc-4cc(C(C)(C)C)c2)cc1. The van der Waals surface area contributed by atoms with Crippen LogP contribution in [-0.2, 0) is 32.5 Å². The van der Waals surface area contributed by atoms with Crippen molar-refractivity contribution in [3.05, 3.63) is 215 Å². The third-order valence-corrected chi connectivity index (χ3v) is 18.5. The van der Waals surface area contributed by atoms with E-state index < -0.39 is 0 Å². The lowest BCUT2D eigenvalue weighted by atomic mass is 9.34.